The van der Waals surface area contributed by atoms with Gasteiger partial charge in [-0.05, 0) is 99.6 Å². The number of imidazole rings is 1. The Morgan fingerprint density at radius 3 is 2.57 bits per heavy atom. The smallest absolute Gasteiger partial charge is 0.257 e. The third kappa shape index (κ3) is 8.07. The summed E-state index contributed by atoms with van der Waals surface area (Å²) in [4.78, 5) is 25.9. The number of rotatable bonds is 15. The van der Waals surface area contributed by atoms with E-state index in [4.69, 9.17) is 14.5 Å². The fraction of sp³-hybridized carbons (Fsp3) is 0.475. The van der Waals surface area contributed by atoms with Gasteiger partial charge in [0.1, 0.15) is 5.75 Å². The Bertz CT molecular complexity index is 1970. The van der Waals surface area contributed by atoms with Crippen LogP contribution in [-0.4, -0.2) is 124 Å². The summed E-state index contributed by atoms with van der Waals surface area (Å²) in [6.45, 7) is 9.07. The first-order valence-electron chi connectivity index (χ1n) is 18.8. The van der Waals surface area contributed by atoms with Crippen LogP contribution in [0, 0.1) is 0 Å². The quantitative estimate of drug-likeness (QED) is 0.150. The van der Waals surface area contributed by atoms with E-state index in [9.17, 15) is 4.79 Å². The van der Waals surface area contributed by atoms with Crippen molar-refractivity contribution < 1.29 is 14.3 Å². The Hall–Kier alpha value is -4.85. The van der Waals surface area contributed by atoms with Crippen LogP contribution < -0.4 is 10.1 Å². The van der Waals surface area contributed by atoms with Crippen molar-refractivity contribution in [2.75, 3.05) is 72.5 Å². The van der Waals surface area contributed by atoms with Gasteiger partial charge in [-0.15, -0.1) is 5.10 Å². The third-order valence-electron chi connectivity index (χ3n) is 10.8. The lowest BCUT2D eigenvalue weighted by molar-refractivity contribution is 0.0776. The summed E-state index contributed by atoms with van der Waals surface area (Å²) in [5.74, 6) is 2.12. The summed E-state index contributed by atoms with van der Waals surface area (Å²) in [5, 5.41) is 16.1. The lowest BCUT2D eigenvalue weighted by atomic mass is 9.76. The molecule has 0 aliphatic carbocycles. The van der Waals surface area contributed by atoms with Crippen molar-refractivity contribution in [1.82, 2.24) is 44.5 Å². The summed E-state index contributed by atoms with van der Waals surface area (Å²) in [6, 6.07) is 25.0. The topological polar surface area (TPSA) is 119 Å². The molecule has 5 aromatic rings. The number of methoxy groups -OCH3 is 1. The molecular formula is C40H52N10O3. The average Bonchev–Trinajstić information content (AvgIpc) is 3.92. The van der Waals surface area contributed by atoms with E-state index in [0.717, 1.165) is 74.5 Å². The van der Waals surface area contributed by atoms with Crippen LogP contribution in [0.2, 0.25) is 0 Å². The maximum atomic E-state index is 14.3. The second-order valence-electron chi connectivity index (χ2n) is 14.5. The van der Waals surface area contributed by atoms with Crippen LogP contribution in [0.25, 0.3) is 16.7 Å². The monoisotopic (exact) mass is 720 g/mol. The van der Waals surface area contributed by atoms with E-state index in [2.05, 4.69) is 78.8 Å². The lowest BCUT2D eigenvalue weighted by Crippen LogP contribution is -2.42. The third-order valence-corrected chi connectivity index (χ3v) is 10.8. The van der Waals surface area contributed by atoms with Gasteiger partial charge in [-0.2, -0.15) is 4.68 Å². The number of likely N-dealkylation sites (tertiary alicyclic amines) is 2. The Kier molecular flexibility index (Phi) is 11.3. The van der Waals surface area contributed by atoms with Crippen molar-refractivity contribution in [3.63, 3.8) is 0 Å². The summed E-state index contributed by atoms with van der Waals surface area (Å²) >= 11 is 0. The van der Waals surface area contributed by atoms with Gasteiger partial charge in [0.05, 0.1) is 42.5 Å². The van der Waals surface area contributed by atoms with Gasteiger partial charge in [-0.25, -0.2) is 4.98 Å². The number of nitrogens with zero attached hydrogens (tertiary/aromatic N) is 9. The molecule has 53 heavy (non-hydrogen) atoms. The Morgan fingerprint density at radius 1 is 1.00 bits per heavy atom. The molecule has 13 heteroatoms. The molecule has 0 bridgehead atoms. The molecule has 1 atom stereocenters. The van der Waals surface area contributed by atoms with Gasteiger partial charge in [-0.1, -0.05) is 42.5 Å². The van der Waals surface area contributed by atoms with E-state index < -0.39 is 0 Å². The van der Waals surface area contributed by atoms with E-state index in [-0.39, 0.29) is 11.3 Å². The highest BCUT2D eigenvalue weighted by molar-refractivity contribution is 5.98. The summed E-state index contributed by atoms with van der Waals surface area (Å²) in [7, 11) is 5.55. The van der Waals surface area contributed by atoms with Crippen molar-refractivity contribution in [1.29, 1.82) is 0 Å². The molecule has 1 unspecified atom stereocenters. The maximum Gasteiger partial charge on any atom is 0.257 e. The molecule has 0 spiro atoms. The summed E-state index contributed by atoms with van der Waals surface area (Å²) < 4.78 is 15.3. The number of nitrogens with one attached hydrogen (secondary N) is 1. The molecule has 2 saturated heterocycles. The maximum absolute atomic E-state index is 14.3. The van der Waals surface area contributed by atoms with Gasteiger partial charge in [0.15, 0.2) is 5.82 Å². The second kappa shape index (κ2) is 16.4. The van der Waals surface area contributed by atoms with E-state index in [1.54, 1.807) is 11.8 Å². The average molecular weight is 721 g/mol. The SMILES string of the molecule is CCOCCn1c(NC2CCN(CCC3(c4ccccc4)CCN(C(=O)c4cc(-n5nnnc5CN(C)C)ccc4OC)C3)CC2)nc2ccccc21. The van der Waals surface area contributed by atoms with Crippen LogP contribution >= 0.6 is 0 Å². The number of carbonyl (C=O) groups excluding carboxylic acids is 1. The molecule has 2 aromatic heterocycles. The minimum absolute atomic E-state index is 0.0390. The van der Waals surface area contributed by atoms with Gasteiger partial charge < -0.3 is 34.1 Å². The van der Waals surface area contributed by atoms with Crippen molar-refractivity contribution in [2.45, 2.75) is 57.2 Å². The van der Waals surface area contributed by atoms with E-state index in [1.807, 2.05) is 55.1 Å². The second-order valence-corrected chi connectivity index (χ2v) is 14.5. The molecule has 280 valence electrons. The Labute approximate surface area is 311 Å². The highest BCUT2D eigenvalue weighted by Crippen LogP contribution is 2.39. The fourth-order valence-electron chi connectivity index (χ4n) is 7.94. The number of ether oxygens (including phenoxy) is 2. The number of carbonyl (C=O) groups is 1. The first-order chi connectivity index (χ1) is 25.9. The Morgan fingerprint density at radius 2 is 1.79 bits per heavy atom. The molecule has 0 radical (unpaired) electrons. The standard InChI is InChI=1S/C40H52N10O3/c1-5-53-26-25-49-35-14-10-9-13-34(35)42-39(49)41-31-17-21-47(22-18-31)23-19-40(30-11-7-6-8-12-30)20-24-48(29-40)38(51)33-27-32(15-16-36(33)52-4)50-37(28-46(2)3)43-44-45-50/h6-16,27,31H,5,17-26,28-29H2,1-4H3,(H,41,42). The number of piperidine rings is 1. The van der Waals surface area contributed by atoms with E-state index in [0.29, 0.717) is 56.0 Å². The number of hydrogen-bond acceptors (Lipinski definition) is 10. The van der Waals surface area contributed by atoms with Crippen LogP contribution in [0.4, 0.5) is 5.95 Å². The van der Waals surface area contributed by atoms with Crippen molar-refractivity contribution in [2.24, 2.45) is 0 Å². The van der Waals surface area contributed by atoms with Crippen molar-refractivity contribution >= 4 is 22.9 Å². The predicted octanol–water partition coefficient (Wildman–Crippen LogP) is 4.87. The number of hydrogen-bond donors (Lipinski definition) is 1. The molecule has 0 saturated carbocycles. The summed E-state index contributed by atoms with van der Waals surface area (Å²) in [6.07, 6.45) is 3.97. The van der Waals surface area contributed by atoms with Gasteiger partial charge in [0.2, 0.25) is 5.95 Å². The minimum Gasteiger partial charge on any atom is -0.496 e. The molecular weight excluding hydrogens is 669 g/mol. The Balaban J connectivity index is 1.02. The highest BCUT2D eigenvalue weighted by Gasteiger charge is 2.42. The largest absolute Gasteiger partial charge is 0.496 e. The lowest BCUT2D eigenvalue weighted by Gasteiger charge is -2.36. The number of anilines is 1. The van der Waals surface area contributed by atoms with E-state index in [1.165, 1.54) is 5.56 Å². The highest BCUT2D eigenvalue weighted by atomic mass is 16.5. The molecule has 2 fully saturated rings. The number of aromatic nitrogens is 6. The van der Waals surface area contributed by atoms with Crippen LogP contribution in [0.5, 0.6) is 5.75 Å². The van der Waals surface area contributed by atoms with Crippen molar-refractivity contribution in [3.8, 4) is 11.4 Å². The number of tetrazole rings is 1. The molecule has 1 amide bonds. The molecule has 2 aliphatic heterocycles. The zero-order valence-corrected chi connectivity index (χ0v) is 31.4. The van der Waals surface area contributed by atoms with Crippen LogP contribution in [0.1, 0.15) is 54.4 Å². The first kappa shape index (κ1) is 36.5. The summed E-state index contributed by atoms with van der Waals surface area (Å²) in [5.41, 5.74) is 4.53. The predicted molar refractivity (Wildman–Crippen MR) is 206 cm³/mol. The van der Waals surface area contributed by atoms with Gasteiger partial charge >= 0.3 is 0 Å². The number of amides is 1. The number of para-hydroxylation sites is 2. The normalized spacial score (nSPS) is 18.3. The molecule has 2 aliphatic rings. The zero-order valence-electron chi connectivity index (χ0n) is 31.4. The van der Waals surface area contributed by atoms with Crippen LogP contribution in [0.3, 0.4) is 0 Å². The fourth-order valence-corrected chi connectivity index (χ4v) is 7.94. The van der Waals surface area contributed by atoms with E-state index >= 15 is 0 Å². The van der Waals surface area contributed by atoms with Gasteiger partial charge in [0.25, 0.3) is 5.91 Å². The zero-order chi connectivity index (χ0) is 36.8. The molecule has 3 aromatic carbocycles. The minimum atomic E-state index is -0.142. The molecule has 13 nitrogen and oxygen atoms in total. The number of fused-ring (bicyclic) bond motifs is 1. The number of benzene rings is 3. The van der Waals surface area contributed by atoms with Gasteiger partial charge in [-0.3, -0.25) is 4.79 Å². The molecule has 4 heterocycles. The van der Waals surface area contributed by atoms with Crippen molar-refractivity contribution in [3.05, 3.63) is 89.7 Å². The molecule has 1 N–H and O–H groups in total. The van der Waals surface area contributed by atoms with Crippen LogP contribution in [0.15, 0.2) is 72.8 Å². The molecule has 7 rings (SSSR count). The van der Waals surface area contributed by atoms with Gasteiger partial charge in [0, 0.05) is 50.8 Å². The van der Waals surface area contributed by atoms with Crippen LogP contribution in [-0.2, 0) is 23.2 Å². The first-order valence-corrected chi connectivity index (χ1v) is 18.8.